The van der Waals surface area contributed by atoms with E-state index in [0.717, 1.165) is 11.3 Å². The van der Waals surface area contributed by atoms with Crippen molar-refractivity contribution in [3.8, 4) is 0 Å². The highest BCUT2D eigenvalue weighted by Gasteiger charge is 2.21. The van der Waals surface area contributed by atoms with Crippen LogP contribution in [0.25, 0.3) is 0 Å². The Balaban J connectivity index is 2.41. The summed E-state index contributed by atoms with van der Waals surface area (Å²) in [4.78, 5) is 24.4. The summed E-state index contributed by atoms with van der Waals surface area (Å²) >= 11 is 0. The SMILES string of the molecule is CN1C(=O)CCc2cc(C(=O)CO)ccc21. The van der Waals surface area contributed by atoms with Crippen LogP contribution in [-0.4, -0.2) is 30.5 Å². The van der Waals surface area contributed by atoms with Crippen LogP contribution in [0.4, 0.5) is 5.69 Å². The minimum absolute atomic E-state index is 0.0914. The molecule has 4 nitrogen and oxygen atoms in total. The molecule has 0 atom stereocenters. The maximum atomic E-state index is 11.5. The Bertz CT molecular complexity index is 454. The van der Waals surface area contributed by atoms with E-state index < -0.39 is 6.61 Å². The standard InChI is InChI=1S/C12H13NO3/c1-13-10-4-2-9(11(15)7-14)6-8(10)3-5-12(13)16/h2,4,6,14H,3,5,7H2,1H3. The molecule has 84 valence electrons. The molecule has 1 aliphatic rings. The largest absolute Gasteiger partial charge is 0.388 e. The molecule has 0 aliphatic carbocycles. The third kappa shape index (κ3) is 1.72. The van der Waals surface area contributed by atoms with E-state index in [4.69, 9.17) is 5.11 Å². The van der Waals surface area contributed by atoms with Gasteiger partial charge >= 0.3 is 0 Å². The van der Waals surface area contributed by atoms with Crippen LogP contribution in [0.15, 0.2) is 18.2 Å². The van der Waals surface area contributed by atoms with Crippen molar-refractivity contribution in [2.75, 3.05) is 18.6 Å². The lowest BCUT2D eigenvalue weighted by atomic mass is 9.98. The minimum Gasteiger partial charge on any atom is -0.388 e. The zero-order valence-electron chi connectivity index (χ0n) is 9.06. The lowest BCUT2D eigenvalue weighted by Gasteiger charge is -2.25. The molecule has 1 N–H and O–H groups in total. The third-order valence-electron chi connectivity index (χ3n) is 2.89. The number of rotatable bonds is 2. The van der Waals surface area contributed by atoms with Crippen LogP contribution in [0, 0.1) is 0 Å². The molecule has 0 radical (unpaired) electrons. The van der Waals surface area contributed by atoms with Crippen molar-refractivity contribution in [2.45, 2.75) is 12.8 Å². The van der Waals surface area contributed by atoms with Gasteiger partial charge in [-0.3, -0.25) is 9.59 Å². The molecule has 4 heteroatoms. The number of nitrogens with zero attached hydrogens (tertiary/aromatic N) is 1. The van der Waals surface area contributed by atoms with E-state index in [-0.39, 0.29) is 11.7 Å². The number of amides is 1. The van der Waals surface area contributed by atoms with Crippen LogP contribution >= 0.6 is 0 Å². The van der Waals surface area contributed by atoms with Crippen molar-refractivity contribution in [2.24, 2.45) is 0 Å². The molecule has 1 heterocycles. The number of aliphatic hydroxyl groups is 1. The summed E-state index contributed by atoms with van der Waals surface area (Å²) in [6, 6.07) is 5.17. The van der Waals surface area contributed by atoms with Gasteiger partial charge in [-0.15, -0.1) is 0 Å². The van der Waals surface area contributed by atoms with Gasteiger partial charge in [0.1, 0.15) is 6.61 Å². The molecule has 0 unspecified atom stereocenters. The van der Waals surface area contributed by atoms with Gasteiger partial charge in [0.15, 0.2) is 5.78 Å². The van der Waals surface area contributed by atoms with Crippen molar-refractivity contribution in [1.29, 1.82) is 0 Å². The predicted octanol–water partition coefficient (Wildman–Crippen LogP) is 0.771. The lowest BCUT2D eigenvalue weighted by Crippen LogP contribution is -2.31. The number of benzene rings is 1. The van der Waals surface area contributed by atoms with Gasteiger partial charge in [-0.2, -0.15) is 0 Å². The monoisotopic (exact) mass is 219 g/mol. The van der Waals surface area contributed by atoms with E-state index in [1.807, 2.05) is 0 Å². The minimum atomic E-state index is -0.479. The van der Waals surface area contributed by atoms with Gasteiger partial charge in [0.2, 0.25) is 5.91 Å². The molecule has 0 fully saturated rings. The Kier molecular flexibility index (Phi) is 2.75. The highest BCUT2D eigenvalue weighted by molar-refractivity contribution is 6.00. The highest BCUT2D eigenvalue weighted by atomic mass is 16.3. The fraction of sp³-hybridized carbons (Fsp3) is 0.333. The van der Waals surface area contributed by atoms with Crippen LogP contribution in [0.2, 0.25) is 0 Å². The number of anilines is 1. The topological polar surface area (TPSA) is 57.6 Å². The summed E-state index contributed by atoms with van der Waals surface area (Å²) < 4.78 is 0. The van der Waals surface area contributed by atoms with Crippen LogP contribution in [0.1, 0.15) is 22.3 Å². The number of hydrogen-bond acceptors (Lipinski definition) is 3. The predicted molar refractivity (Wildman–Crippen MR) is 59.6 cm³/mol. The first-order valence-corrected chi connectivity index (χ1v) is 5.17. The second kappa shape index (κ2) is 4.06. The molecule has 1 amide bonds. The number of carbonyl (C=O) groups is 2. The fourth-order valence-electron chi connectivity index (χ4n) is 1.92. The van der Waals surface area contributed by atoms with E-state index >= 15 is 0 Å². The number of Topliss-reactive ketones (excluding diaryl/α,β-unsaturated/α-hetero) is 1. The number of fused-ring (bicyclic) bond motifs is 1. The zero-order chi connectivity index (χ0) is 11.7. The van der Waals surface area contributed by atoms with Gasteiger partial charge in [0.25, 0.3) is 0 Å². The first kappa shape index (κ1) is 10.8. The number of aliphatic hydroxyl groups excluding tert-OH is 1. The van der Waals surface area contributed by atoms with Crippen molar-refractivity contribution in [3.05, 3.63) is 29.3 Å². The molecule has 0 saturated heterocycles. The molecule has 1 aromatic carbocycles. The average Bonchev–Trinajstić information content (AvgIpc) is 2.32. The highest BCUT2D eigenvalue weighted by Crippen LogP contribution is 2.27. The Morgan fingerprint density at radius 1 is 1.44 bits per heavy atom. The van der Waals surface area contributed by atoms with E-state index in [1.54, 1.807) is 30.1 Å². The van der Waals surface area contributed by atoms with Gasteiger partial charge in [0, 0.05) is 24.7 Å². The molecule has 2 rings (SSSR count). The van der Waals surface area contributed by atoms with Crippen molar-refractivity contribution in [1.82, 2.24) is 0 Å². The van der Waals surface area contributed by atoms with Crippen molar-refractivity contribution >= 4 is 17.4 Å². The summed E-state index contributed by atoms with van der Waals surface area (Å²) in [7, 11) is 1.73. The molecule has 0 saturated carbocycles. The second-order valence-electron chi connectivity index (χ2n) is 3.88. The molecular formula is C12H13NO3. The fourth-order valence-corrected chi connectivity index (χ4v) is 1.92. The van der Waals surface area contributed by atoms with Gasteiger partial charge < -0.3 is 10.0 Å². The summed E-state index contributed by atoms with van der Waals surface area (Å²) in [6.07, 6.45) is 1.13. The summed E-state index contributed by atoms with van der Waals surface area (Å²) in [5.74, 6) is -0.198. The summed E-state index contributed by atoms with van der Waals surface area (Å²) in [5.41, 5.74) is 2.34. The summed E-state index contributed by atoms with van der Waals surface area (Å²) in [5, 5.41) is 8.77. The molecule has 0 spiro atoms. The van der Waals surface area contributed by atoms with Crippen LogP contribution < -0.4 is 4.90 Å². The van der Waals surface area contributed by atoms with E-state index in [1.165, 1.54) is 0 Å². The maximum absolute atomic E-state index is 11.5. The first-order valence-electron chi connectivity index (χ1n) is 5.17. The van der Waals surface area contributed by atoms with E-state index in [0.29, 0.717) is 18.4 Å². The molecule has 1 aromatic rings. The van der Waals surface area contributed by atoms with Crippen LogP contribution in [0.3, 0.4) is 0 Å². The Morgan fingerprint density at radius 3 is 2.88 bits per heavy atom. The number of hydrogen-bond donors (Lipinski definition) is 1. The number of aryl methyl sites for hydroxylation is 1. The Labute approximate surface area is 93.5 Å². The van der Waals surface area contributed by atoms with Crippen molar-refractivity contribution < 1.29 is 14.7 Å². The van der Waals surface area contributed by atoms with E-state index in [9.17, 15) is 9.59 Å². The molecule has 16 heavy (non-hydrogen) atoms. The van der Waals surface area contributed by atoms with Gasteiger partial charge in [-0.25, -0.2) is 0 Å². The van der Waals surface area contributed by atoms with Crippen LogP contribution in [-0.2, 0) is 11.2 Å². The van der Waals surface area contributed by atoms with Crippen molar-refractivity contribution in [3.63, 3.8) is 0 Å². The Hall–Kier alpha value is -1.68. The van der Waals surface area contributed by atoms with Gasteiger partial charge in [-0.05, 0) is 30.2 Å². The Morgan fingerprint density at radius 2 is 2.19 bits per heavy atom. The molecule has 0 aromatic heterocycles. The number of carbonyl (C=O) groups excluding carboxylic acids is 2. The van der Waals surface area contributed by atoms with Crippen LogP contribution in [0.5, 0.6) is 0 Å². The molecular weight excluding hydrogens is 206 g/mol. The second-order valence-corrected chi connectivity index (χ2v) is 3.88. The normalized spacial score (nSPS) is 14.9. The quantitative estimate of drug-likeness (QED) is 0.747. The number of ketones is 1. The zero-order valence-corrected chi connectivity index (χ0v) is 9.06. The van der Waals surface area contributed by atoms with E-state index in [2.05, 4.69) is 0 Å². The smallest absolute Gasteiger partial charge is 0.227 e. The summed E-state index contributed by atoms with van der Waals surface area (Å²) in [6.45, 7) is -0.479. The maximum Gasteiger partial charge on any atom is 0.227 e. The molecule has 1 aliphatic heterocycles. The average molecular weight is 219 g/mol. The van der Waals surface area contributed by atoms with Gasteiger partial charge in [0.05, 0.1) is 0 Å². The lowest BCUT2D eigenvalue weighted by molar-refractivity contribution is -0.118. The van der Waals surface area contributed by atoms with Gasteiger partial charge in [-0.1, -0.05) is 0 Å². The first-order chi connectivity index (χ1) is 7.63. The molecule has 0 bridgehead atoms. The third-order valence-corrected chi connectivity index (χ3v) is 2.89.